The molecule has 0 fully saturated rings. The summed E-state index contributed by atoms with van der Waals surface area (Å²) in [4.78, 5) is 0. The maximum Gasteiger partial charge on any atom is 1.00 e. The van der Waals surface area contributed by atoms with E-state index in [0.717, 1.165) is 6.94 Å². The van der Waals surface area contributed by atoms with Crippen LogP contribution in [0, 0.1) is 11.4 Å². The standard InChI is InChI=1S/C3H5N3S.C2H3I3.C2H4I2.C2H4I.C2H4S2.CH6N2.CS2.2CH4.K.V/c1-2-5-6-3(4)7-2;1-2(3,4)5;1-2(3)4;1-2-3;1-2(3)4;1-3-2;2-1-3;;;;/h1H3,(H2,4,6);1H3;2H,1H3;2H,1H3;1H3,(H,3,4);3H,2H2,1H3;;2*1H4;;/q;;;-1;;;;;;+1;/p-1. The molecule has 197 valence electrons. The van der Waals surface area contributed by atoms with E-state index in [4.69, 9.17) is 5.73 Å². The Labute approximate surface area is 365 Å². The first-order valence-electron chi connectivity index (χ1n) is 6.83. The number of hydrazine groups is 1. The molecule has 0 atom stereocenters. The van der Waals surface area contributed by atoms with Gasteiger partial charge in [0.25, 0.3) is 0 Å². The normalized spacial score (nSPS) is 6.97. The zero-order chi connectivity index (χ0) is 25.1. The van der Waals surface area contributed by atoms with Crippen molar-refractivity contribution in [1.29, 1.82) is 0 Å². The number of hydrogen-bond donors (Lipinski definition) is 3. The van der Waals surface area contributed by atoms with Crippen molar-refractivity contribution < 1.29 is 69.9 Å². The Hall–Kier alpha value is 6.41. The van der Waals surface area contributed by atoms with Crippen LogP contribution >= 0.6 is 184 Å². The van der Waals surface area contributed by atoms with Gasteiger partial charge in [0.2, 0.25) is 5.13 Å². The minimum Gasteiger partial charge on any atom is -0.433 e. The summed E-state index contributed by atoms with van der Waals surface area (Å²) in [6, 6.07) is 0. The minimum atomic E-state index is 0. The number of rotatable bonds is 0. The van der Waals surface area contributed by atoms with Gasteiger partial charge < -0.3 is 53.2 Å². The zero-order valence-corrected chi connectivity index (χ0v) is 39.5. The van der Waals surface area contributed by atoms with Crippen LogP contribution in [0.2, 0.25) is 0 Å². The fraction of sp³-hybridized carbons (Fsp3) is 0.667. The molecule has 1 aromatic rings. The second-order valence-electron chi connectivity index (χ2n) is 3.54. The van der Waals surface area contributed by atoms with Crippen molar-refractivity contribution in [1.82, 2.24) is 15.6 Å². The van der Waals surface area contributed by atoms with E-state index in [-0.39, 0.29) is 84.8 Å². The van der Waals surface area contributed by atoms with E-state index in [0.29, 0.717) is 8.76 Å². The number of nitrogens with zero attached hydrogens (tertiary/aromatic N) is 2. The van der Waals surface area contributed by atoms with Gasteiger partial charge in [-0.05, 0) is 52.3 Å². The van der Waals surface area contributed by atoms with Crippen LogP contribution in [0.25, 0.3) is 0 Å². The first-order chi connectivity index (χ1) is 13.0. The van der Waals surface area contributed by atoms with Crippen LogP contribution in [0.1, 0.15) is 47.6 Å². The van der Waals surface area contributed by atoms with Gasteiger partial charge in [-0.25, -0.2) is 0 Å². The van der Waals surface area contributed by atoms with E-state index in [1.165, 1.54) is 11.3 Å². The quantitative estimate of drug-likeness (QED) is 0.0397. The molecule has 1 radical (unpaired) electrons. The van der Waals surface area contributed by atoms with Gasteiger partial charge in [-0.15, -0.1) is 10.2 Å². The van der Waals surface area contributed by atoms with Crippen molar-refractivity contribution in [3.8, 4) is 0 Å². The summed E-state index contributed by atoms with van der Waals surface area (Å²) >= 11 is 31.9. The summed E-state index contributed by atoms with van der Waals surface area (Å²) in [6.45, 7) is 9.86. The molecule has 0 aliphatic carbocycles. The molecule has 0 unspecified atom stereocenters. The molecule has 5 nitrogen and oxygen atoms in total. The smallest absolute Gasteiger partial charge is 0.433 e. The third kappa shape index (κ3) is 214. The van der Waals surface area contributed by atoms with Crippen LogP contribution in [-0.2, 0) is 31.2 Å². The number of thiocarbonyl (C=S) groups is 3. The fourth-order valence-electron chi connectivity index (χ4n) is 0.312. The van der Waals surface area contributed by atoms with E-state index in [9.17, 15) is 0 Å². The molecule has 0 aromatic carbocycles. The molecule has 0 aliphatic rings. The number of aryl methyl sites for hydroxylation is 1. The molecule has 0 aliphatic heterocycles. The van der Waals surface area contributed by atoms with Crippen LogP contribution in [0.5, 0.6) is 0 Å². The molecule has 0 amide bonds. The molecular weight excluding hydrogens is 1260 g/mol. The largest absolute Gasteiger partial charge is 1.00 e. The Morgan fingerprint density at radius 2 is 1.39 bits per heavy atom. The Balaban J connectivity index is -0.0000000235. The molecule has 1 heterocycles. The van der Waals surface area contributed by atoms with Crippen molar-refractivity contribution in [2.75, 3.05) is 12.8 Å². The van der Waals surface area contributed by atoms with E-state index >= 15 is 0 Å². The van der Waals surface area contributed by atoms with Crippen molar-refractivity contribution in [2.24, 2.45) is 5.84 Å². The Kier molecular flexibility index (Phi) is 118. The van der Waals surface area contributed by atoms with Gasteiger partial charge in [0.1, 0.15) is 4.44 Å². The average Bonchev–Trinajstić information content (AvgIpc) is 2.81. The topological polar surface area (TPSA) is 89.8 Å². The number of hydrogen-bond acceptors (Lipinski definition) is 10. The number of alkyl halides is 5. The summed E-state index contributed by atoms with van der Waals surface area (Å²) < 4.78 is 5.65. The molecule has 1 aromatic heterocycles. The number of halogens is 6. The monoisotopic (exact) mass is 1290 g/mol. The van der Waals surface area contributed by atoms with Crippen molar-refractivity contribution >= 4 is 210 Å². The van der Waals surface area contributed by atoms with Crippen LogP contribution in [-0.4, -0.2) is 27.1 Å². The molecule has 18 heteroatoms. The number of anilines is 1. The average molecular weight is 1300 g/mol. The first-order valence-corrected chi connectivity index (χ1v) is 16.2. The van der Waals surface area contributed by atoms with Gasteiger partial charge in [-0.3, -0.25) is 15.7 Å². The van der Waals surface area contributed by atoms with E-state index in [1.807, 2.05) is 22.6 Å². The summed E-state index contributed by atoms with van der Waals surface area (Å²) in [5.41, 5.74) is 7.47. The Morgan fingerprint density at radius 3 is 1.42 bits per heavy atom. The van der Waals surface area contributed by atoms with Crippen LogP contribution in [0.15, 0.2) is 0 Å². The third-order valence-corrected chi connectivity index (χ3v) is 1.21. The fourth-order valence-corrected chi connectivity index (χ4v) is 0.778. The van der Waals surface area contributed by atoms with Gasteiger partial charge in [0.05, 0.1) is 1.93 Å². The van der Waals surface area contributed by atoms with E-state index in [2.05, 4.69) is 220 Å². The SMILES string of the molecule is C.C.CC(=S)[S-].CC(I)(I)I.CC(I)I.CNN.C[CH-]I.Cc1nnc(N)s1.S=C=S.[K+].[V]. The van der Waals surface area contributed by atoms with E-state index in [1.54, 1.807) is 14.0 Å². The molecule has 0 spiro atoms. The molecule has 0 saturated carbocycles. The van der Waals surface area contributed by atoms with Gasteiger partial charge in [0, 0.05) is 22.9 Å². The van der Waals surface area contributed by atoms with Gasteiger partial charge in [-0.2, -0.15) is 11.1 Å². The summed E-state index contributed by atoms with van der Waals surface area (Å²) in [5.74, 6) is 4.60. The molecule has 5 N–H and O–H groups in total. The third-order valence-electron chi connectivity index (χ3n) is 0.542. The summed E-state index contributed by atoms with van der Waals surface area (Å²) in [5, 5.41) is 8.68. The van der Waals surface area contributed by atoms with Crippen molar-refractivity contribution in [3.05, 3.63) is 9.44 Å². The van der Waals surface area contributed by atoms with Crippen molar-refractivity contribution in [2.45, 2.75) is 50.8 Å². The zero-order valence-electron chi connectivity index (χ0n) is 18.0. The Morgan fingerprint density at radius 1 is 1.24 bits per heavy atom. The van der Waals surface area contributed by atoms with Gasteiger partial charge in [0.15, 0.2) is 0 Å². The predicted octanol–water partition coefficient (Wildman–Crippen LogP) is 6.45. The van der Waals surface area contributed by atoms with Gasteiger partial charge >= 0.3 is 51.4 Å². The first kappa shape index (κ1) is 67.2. The molecule has 1 rings (SSSR count). The second kappa shape index (κ2) is 58.1. The molecule has 33 heavy (non-hydrogen) atoms. The summed E-state index contributed by atoms with van der Waals surface area (Å²) in [6.07, 6.45) is 0. The number of nitrogens with two attached hydrogens (primary N) is 2. The van der Waals surface area contributed by atoms with Crippen LogP contribution in [0.4, 0.5) is 5.13 Å². The van der Waals surface area contributed by atoms with Crippen molar-refractivity contribution in [3.63, 3.8) is 0 Å². The maximum absolute atomic E-state index is 5.22. The van der Waals surface area contributed by atoms with Gasteiger partial charge in [-0.1, -0.05) is 146 Å². The maximum atomic E-state index is 5.22. The summed E-state index contributed by atoms with van der Waals surface area (Å²) in [7, 11) is 1.65. The van der Waals surface area contributed by atoms with E-state index < -0.39 is 0 Å². The predicted molar refractivity (Wildman–Crippen MR) is 214 cm³/mol. The van der Waals surface area contributed by atoms with Crippen LogP contribution in [0.3, 0.4) is 0 Å². The second-order valence-corrected chi connectivity index (χ2v) is 26.9. The molecule has 0 bridgehead atoms. The number of nitrogens with one attached hydrogen (secondary N) is 1. The molecular formula is C15H33I6KN5S5V-. The van der Waals surface area contributed by atoms with Crippen LogP contribution < -0.4 is 68.4 Å². The Bertz CT molecular complexity index is 453. The molecule has 0 saturated heterocycles. The number of nitrogen functional groups attached to an aromatic ring is 1. The minimum absolute atomic E-state index is 0. The number of aromatic nitrogens is 2.